The largest absolute Gasteiger partial charge is 0.396 e. The Morgan fingerprint density at radius 3 is 2.21 bits per heavy atom. The second-order valence-electron chi connectivity index (χ2n) is 7.57. The summed E-state index contributed by atoms with van der Waals surface area (Å²) >= 11 is 6.22. The van der Waals surface area contributed by atoms with E-state index in [-0.39, 0.29) is 10.6 Å². The highest BCUT2D eigenvalue weighted by molar-refractivity contribution is 6.31. The number of aliphatic hydroxyl groups is 5. The van der Waals surface area contributed by atoms with E-state index in [0.29, 0.717) is 12.0 Å². The summed E-state index contributed by atoms with van der Waals surface area (Å²) in [5, 5.41) is 50.7. The second kappa shape index (κ2) is 7.91. The van der Waals surface area contributed by atoms with E-state index >= 15 is 8.78 Å². The zero-order chi connectivity index (χ0) is 21.6. The van der Waals surface area contributed by atoms with Crippen LogP contribution in [0.25, 0.3) is 0 Å². The Labute approximate surface area is 171 Å². The van der Waals surface area contributed by atoms with Gasteiger partial charge in [0.05, 0.1) is 18.6 Å². The van der Waals surface area contributed by atoms with Gasteiger partial charge in [0.1, 0.15) is 12.2 Å². The van der Waals surface area contributed by atoms with Crippen molar-refractivity contribution in [2.24, 2.45) is 5.92 Å². The number of hydrogen-bond acceptors (Lipinski definition) is 5. The molecule has 0 saturated heterocycles. The summed E-state index contributed by atoms with van der Waals surface area (Å²) < 4.78 is 30.2. The summed E-state index contributed by atoms with van der Waals surface area (Å²) in [6.45, 7) is 0.737. The van der Waals surface area contributed by atoms with Crippen LogP contribution in [0.1, 0.15) is 22.3 Å². The van der Waals surface area contributed by atoms with E-state index in [2.05, 4.69) is 0 Å². The van der Waals surface area contributed by atoms with Crippen molar-refractivity contribution >= 4 is 11.6 Å². The quantitative estimate of drug-likeness (QED) is 0.511. The summed E-state index contributed by atoms with van der Waals surface area (Å²) in [6.07, 6.45) is -6.28. The van der Waals surface area contributed by atoms with Crippen LogP contribution in [0.4, 0.5) is 8.78 Å². The van der Waals surface area contributed by atoms with E-state index in [4.69, 9.17) is 11.6 Å². The molecule has 0 heterocycles. The number of alkyl halides is 2. The Balaban J connectivity index is 2.07. The van der Waals surface area contributed by atoms with Crippen LogP contribution in [0.3, 0.4) is 0 Å². The molecule has 2 aromatic carbocycles. The molecule has 0 amide bonds. The number of halogens is 3. The zero-order valence-corrected chi connectivity index (χ0v) is 16.4. The predicted octanol–water partition coefficient (Wildman–Crippen LogP) is 1.77. The number of rotatable bonds is 4. The highest BCUT2D eigenvalue weighted by Crippen LogP contribution is 2.51. The Morgan fingerprint density at radius 1 is 1.00 bits per heavy atom. The highest BCUT2D eigenvalue weighted by atomic mass is 35.5. The SMILES string of the molecule is Cc1ccc(Cc2cc([C@@]3(O)[C@H](O)[C@@H](O)[C@H](O)[C@@H](CO)C3(F)F)ccc2Cl)cc1. The van der Waals surface area contributed by atoms with Gasteiger partial charge in [-0.1, -0.05) is 53.6 Å². The lowest BCUT2D eigenvalue weighted by molar-refractivity contribution is -0.328. The van der Waals surface area contributed by atoms with Gasteiger partial charge in [0, 0.05) is 5.02 Å². The van der Waals surface area contributed by atoms with Crippen molar-refractivity contribution in [3.8, 4) is 0 Å². The molecule has 0 spiro atoms. The summed E-state index contributed by atoms with van der Waals surface area (Å²) in [6, 6.07) is 11.2. The minimum absolute atomic E-state index is 0.283. The average Bonchev–Trinajstić information content (AvgIpc) is 2.68. The van der Waals surface area contributed by atoms with Gasteiger partial charge in [0.15, 0.2) is 5.60 Å². The normalized spacial score (nSPS) is 31.6. The number of hydrogen-bond donors (Lipinski definition) is 5. The predicted molar refractivity (Wildman–Crippen MR) is 103 cm³/mol. The minimum atomic E-state index is -4.13. The monoisotopic (exact) mass is 428 g/mol. The molecule has 5 nitrogen and oxygen atoms in total. The maximum absolute atomic E-state index is 15.1. The van der Waals surface area contributed by atoms with Crippen LogP contribution in [0.5, 0.6) is 0 Å². The summed E-state index contributed by atoms with van der Waals surface area (Å²) in [5.74, 6) is -6.29. The smallest absolute Gasteiger partial charge is 0.290 e. The molecule has 3 rings (SSSR count). The van der Waals surface area contributed by atoms with E-state index in [9.17, 15) is 25.5 Å². The molecule has 5 N–H and O–H groups in total. The number of aryl methyl sites for hydroxylation is 1. The van der Waals surface area contributed by atoms with Gasteiger partial charge in [-0.3, -0.25) is 0 Å². The molecule has 29 heavy (non-hydrogen) atoms. The first-order chi connectivity index (χ1) is 13.5. The molecule has 5 atom stereocenters. The molecule has 0 bridgehead atoms. The van der Waals surface area contributed by atoms with E-state index in [1.165, 1.54) is 12.1 Å². The van der Waals surface area contributed by atoms with Crippen molar-refractivity contribution in [3.63, 3.8) is 0 Å². The fraction of sp³-hybridized carbons (Fsp3) is 0.429. The van der Waals surface area contributed by atoms with Crippen molar-refractivity contribution in [2.75, 3.05) is 6.61 Å². The van der Waals surface area contributed by atoms with E-state index < -0.39 is 42.4 Å². The molecular formula is C21H23ClF2O5. The van der Waals surface area contributed by atoms with Gasteiger partial charge in [-0.05, 0) is 36.1 Å². The van der Waals surface area contributed by atoms with Crippen molar-refractivity contribution in [2.45, 2.75) is 43.2 Å². The molecule has 1 saturated carbocycles. The first-order valence-corrected chi connectivity index (χ1v) is 9.51. The molecule has 0 aliphatic heterocycles. The summed E-state index contributed by atoms with van der Waals surface area (Å²) in [7, 11) is 0. The highest BCUT2D eigenvalue weighted by Gasteiger charge is 2.70. The number of benzene rings is 2. The molecule has 158 valence electrons. The van der Waals surface area contributed by atoms with Crippen LogP contribution in [0.2, 0.25) is 5.02 Å². The Hall–Kier alpha value is -1.61. The van der Waals surface area contributed by atoms with Crippen molar-refractivity contribution in [1.82, 2.24) is 0 Å². The molecular weight excluding hydrogens is 406 g/mol. The van der Waals surface area contributed by atoms with E-state index in [1.54, 1.807) is 0 Å². The molecule has 1 fully saturated rings. The van der Waals surface area contributed by atoms with Gasteiger partial charge in [0.25, 0.3) is 5.92 Å². The molecule has 1 aliphatic rings. The Morgan fingerprint density at radius 2 is 1.62 bits per heavy atom. The van der Waals surface area contributed by atoms with Crippen LogP contribution < -0.4 is 0 Å². The minimum Gasteiger partial charge on any atom is -0.396 e. The van der Waals surface area contributed by atoms with Crippen molar-refractivity contribution < 1.29 is 34.3 Å². The maximum atomic E-state index is 15.1. The summed E-state index contributed by atoms with van der Waals surface area (Å²) in [4.78, 5) is 0. The van der Waals surface area contributed by atoms with Gasteiger partial charge in [-0.15, -0.1) is 0 Å². The third-order valence-corrected chi connectivity index (χ3v) is 6.05. The fourth-order valence-corrected chi connectivity index (χ4v) is 4.01. The first kappa shape index (κ1) is 22.1. The summed E-state index contributed by atoms with van der Waals surface area (Å²) in [5.41, 5.74) is -1.25. The van der Waals surface area contributed by atoms with Gasteiger partial charge >= 0.3 is 0 Å². The van der Waals surface area contributed by atoms with Gasteiger partial charge in [-0.2, -0.15) is 0 Å². The van der Waals surface area contributed by atoms with Gasteiger partial charge in [0.2, 0.25) is 0 Å². The zero-order valence-electron chi connectivity index (χ0n) is 15.6. The van der Waals surface area contributed by atoms with Crippen LogP contribution in [0.15, 0.2) is 42.5 Å². The van der Waals surface area contributed by atoms with Crippen LogP contribution in [-0.4, -0.2) is 56.4 Å². The van der Waals surface area contributed by atoms with Crippen LogP contribution >= 0.6 is 11.6 Å². The number of aliphatic hydroxyl groups excluding tert-OH is 4. The third-order valence-electron chi connectivity index (χ3n) is 5.69. The molecule has 8 heteroatoms. The first-order valence-electron chi connectivity index (χ1n) is 9.13. The molecule has 0 unspecified atom stereocenters. The topological polar surface area (TPSA) is 101 Å². The van der Waals surface area contributed by atoms with Crippen molar-refractivity contribution in [1.29, 1.82) is 0 Å². The van der Waals surface area contributed by atoms with E-state index in [1.807, 2.05) is 31.2 Å². The third kappa shape index (κ3) is 3.56. The fourth-order valence-electron chi connectivity index (χ4n) is 3.83. The van der Waals surface area contributed by atoms with Crippen LogP contribution in [0, 0.1) is 12.8 Å². The lowest BCUT2D eigenvalue weighted by Crippen LogP contribution is -2.70. The second-order valence-corrected chi connectivity index (χ2v) is 7.98. The average molecular weight is 429 g/mol. The maximum Gasteiger partial charge on any atom is 0.290 e. The molecule has 0 radical (unpaired) electrons. The van der Waals surface area contributed by atoms with Gasteiger partial charge in [-0.25, -0.2) is 8.78 Å². The lowest BCUT2D eigenvalue weighted by atomic mass is 9.66. The Kier molecular flexibility index (Phi) is 6.02. The van der Waals surface area contributed by atoms with Crippen LogP contribution in [-0.2, 0) is 12.0 Å². The molecule has 0 aromatic heterocycles. The lowest BCUT2D eigenvalue weighted by Gasteiger charge is -2.51. The Bertz CT molecular complexity index is 876. The molecule has 1 aliphatic carbocycles. The standard InChI is InChI=1S/C21H23ClF2O5/c1-11-2-4-12(5-3-11)8-13-9-14(6-7-16(13)22)20(29)19(28)18(27)17(26)15(10-25)21(20,23)24/h2-7,9,15,17-19,25-29H,8,10H2,1H3/t15-,17-,18+,19-,20-/m1/s1. The van der Waals surface area contributed by atoms with E-state index in [0.717, 1.165) is 17.2 Å². The molecule has 2 aromatic rings. The van der Waals surface area contributed by atoms with Crippen molar-refractivity contribution in [3.05, 3.63) is 69.7 Å². The van der Waals surface area contributed by atoms with Gasteiger partial charge < -0.3 is 25.5 Å².